The fraction of sp³-hybridized carbons (Fsp3) is 0.350. The lowest BCUT2D eigenvalue weighted by Crippen LogP contribution is -2.44. The average molecular weight is 360 g/mol. The Morgan fingerprint density at radius 2 is 1.69 bits per heavy atom. The minimum absolute atomic E-state index is 0.0322. The Kier molecular flexibility index (Phi) is 5.40. The number of halogens is 2. The number of nitrogens with zero attached hydrogens (tertiary/aromatic N) is 1. The van der Waals surface area contributed by atoms with Gasteiger partial charge < -0.3 is 15.0 Å². The van der Waals surface area contributed by atoms with Crippen LogP contribution in [0.2, 0.25) is 0 Å². The molecule has 0 radical (unpaired) electrons. The van der Waals surface area contributed by atoms with Gasteiger partial charge in [-0.15, -0.1) is 0 Å². The highest BCUT2D eigenvalue weighted by Gasteiger charge is 2.25. The Balaban J connectivity index is 1.56. The Labute approximate surface area is 151 Å². The molecular weight excluding hydrogens is 338 g/mol. The Morgan fingerprint density at radius 1 is 1.08 bits per heavy atom. The van der Waals surface area contributed by atoms with E-state index >= 15 is 0 Å². The molecule has 2 aromatic rings. The van der Waals surface area contributed by atoms with E-state index in [1.807, 2.05) is 32.0 Å². The zero-order chi connectivity index (χ0) is 18.7. The minimum atomic E-state index is -1.05. The van der Waals surface area contributed by atoms with Crippen LogP contribution in [0.25, 0.3) is 0 Å². The van der Waals surface area contributed by atoms with Crippen molar-refractivity contribution < 1.29 is 18.3 Å². The van der Waals surface area contributed by atoms with Gasteiger partial charge in [0.1, 0.15) is 11.9 Å². The number of carbonyl (C=O) groups excluding carboxylic acids is 1. The number of hydrogen-bond acceptors (Lipinski definition) is 2. The molecule has 0 atom stereocenters. The molecule has 1 heterocycles. The molecule has 0 spiro atoms. The number of urea groups is 1. The van der Waals surface area contributed by atoms with Gasteiger partial charge in [0.2, 0.25) is 0 Å². The standard InChI is InChI=1S/C20H22F2N2O2/c1-13-5-3-6-14(2)19(13)26-15-9-11-24(12-10-15)20(25)23-17-8-4-7-16(21)18(17)22/h3-8,15H,9-12H2,1-2H3,(H,23,25). The lowest BCUT2D eigenvalue weighted by Gasteiger charge is -2.32. The van der Waals surface area contributed by atoms with Crippen LogP contribution >= 0.6 is 0 Å². The quantitative estimate of drug-likeness (QED) is 0.865. The van der Waals surface area contributed by atoms with Gasteiger partial charge in [-0.05, 0) is 37.1 Å². The molecule has 0 bridgehead atoms. The second kappa shape index (κ2) is 7.72. The van der Waals surface area contributed by atoms with Crippen molar-refractivity contribution in [3.8, 4) is 5.75 Å². The third kappa shape index (κ3) is 3.95. The van der Waals surface area contributed by atoms with Crippen LogP contribution in [-0.4, -0.2) is 30.1 Å². The predicted octanol–water partition coefficient (Wildman–Crippen LogP) is 4.66. The Hall–Kier alpha value is -2.63. The van der Waals surface area contributed by atoms with E-state index in [1.165, 1.54) is 12.1 Å². The first-order chi connectivity index (χ1) is 12.5. The predicted molar refractivity (Wildman–Crippen MR) is 96.5 cm³/mol. The highest BCUT2D eigenvalue weighted by molar-refractivity contribution is 5.89. The van der Waals surface area contributed by atoms with Crippen molar-refractivity contribution in [2.45, 2.75) is 32.8 Å². The molecule has 1 N–H and O–H groups in total. The molecule has 2 amide bonds. The van der Waals surface area contributed by atoms with Gasteiger partial charge in [-0.2, -0.15) is 0 Å². The Morgan fingerprint density at radius 3 is 2.35 bits per heavy atom. The van der Waals surface area contributed by atoms with E-state index in [0.29, 0.717) is 25.9 Å². The number of ether oxygens (including phenoxy) is 1. The first kappa shape index (κ1) is 18.2. The van der Waals surface area contributed by atoms with Crippen molar-refractivity contribution in [3.05, 3.63) is 59.2 Å². The number of anilines is 1. The lowest BCUT2D eigenvalue weighted by molar-refractivity contribution is 0.114. The lowest BCUT2D eigenvalue weighted by atomic mass is 10.1. The second-order valence-corrected chi connectivity index (χ2v) is 6.56. The summed E-state index contributed by atoms with van der Waals surface area (Å²) in [6, 6.07) is 9.31. The Bertz CT molecular complexity index is 782. The monoisotopic (exact) mass is 360 g/mol. The fourth-order valence-corrected chi connectivity index (χ4v) is 3.12. The summed E-state index contributed by atoms with van der Waals surface area (Å²) in [4.78, 5) is 13.9. The number of rotatable bonds is 3. The summed E-state index contributed by atoms with van der Waals surface area (Å²) >= 11 is 0. The molecule has 0 unspecified atom stereocenters. The van der Waals surface area contributed by atoms with E-state index in [1.54, 1.807) is 4.90 Å². The third-order valence-electron chi connectivity index (χ3n) is 4.62. The van der Waals surface area contributed by atoms with E-state index in [-0.39, 0.29) is 11.8 Å². The number of piperidine rings is 1. The molecule has 1 aliphatic heterocycles. The maximum atomic E-state index is 13.7. The average Bonchev–Trinajstić information content (AvgIpc) is 2.63. The number of para-hydroxylation sites is 1. The maximum Gasteiger partial charge on any atom is 0.321 e. The van der Waals surface area contributed by atoms with Gasteiger partial charge in [0.25, 0.3) is 0 Å². The number of likely N-dealkylation sites (tertiary alicyclic amines) is 1. The molecule has 0 aromatic heterocycles. The van der Waals surface area contributed by atoms with Gasteiger partial charge in [-0.3, -0.25) is 0 Å². The molecule has 1 aliphatic rings. The molecule has 2 aromatic carbocycles. The van der Waals surface area contributed by atoms with Gasteiger partial charge in [0, 0.05) is 25.9 Å². The van der Waals surface area contributed by atoms with Crippen molar-refractivity contribution in [1.29, 1.82) is 0 Å². The molecule has 0 saturated carbocycles. The van der Waals surface area contributed by atoms with E-state index in [9.17, 15) is 13.6 Å². The molecular formula is C20H22F2N2O2. The molecule has 26 heavy (non-hydrogen) atoms. The first-order valence-electron chi connectivity index (χ1n) is 8.68. The minimum Gasteiger partial charge on any atom is -0.490 e. The fourth-order valence-electron chi connectivity index (χ4n) is 3.12. The van der Waals surface area contributed by atoms with Crippen molar-refractivity contribution >= 4 is 11.7 Å². The third-order valence-corrected chi connectivity index (χ3v) is 4.62. The highest BCUT2D eigenvalue weighted by atomic mass is 19.2. The highest BCUT2D eigenvalue weighted by Crippen LogP contribution is 2.26. The van der Waals surface area contributed by atoms with E-state index < -0.39 is 17.7 Å². The molecule has 138 valence electrons. The smallest absolute Gasteiger partial charge is 0.321 e. The van der Waals surface area contributed by atoms with Crippen LogP contribution in [-0.2, 0) is 0 Å². The van der Waals surface area contributed by atoms with Crippen LogP contribution in [0.15, 0.2) is 36.4 Å². The van der Waals surface area contributed by atoms with Crippen molar-refractivity contribution in [1.82, 2.24) is 4.90 Å². The van der Waals surface area contributed by atoms with E-state index in [0.717, 1.165) is 22.9 Å². The van der Waals surface area contributed by atoms with E-state index in [4.69, 9.17) is 4.74 Å². The molecule has 0 aliphatic carbocycles. The summed E-state index contributed by atoms with van der Waals surface area (Å²) in [6.45, 7) is 5.02. The summed E-state index contributed by atoms with van der Waals surface area (Å²) < 4.78 is 33.0. The topological polar surface area (TPSA) is 41.6 Å². The normalized spacial score (nSPS) is 15.0. The summed E-state index contributed by atoms with van der Waals surface area (Å²) in [7, 11) is 0. The zero-order valence-corrected chi connectivity index (χ0v) is 14.9. The zero-order valence-electron chi connectivity index (χ0n) is 14.9. The van der Waals surface area contributed by atoms with Gasteiger partial charge in [0.05, 0.1) is 5.69 Å². The number of aryl methyl sites for hydroxylation is 2. The number of carbonyl (C=O) groups is 1. The molecule has 1 saturated heterocycles. The van der Waals surface area contributed by atoms with Gasteiger partial charge >= 0.3 is 6.03 Å². The number of hydrogen-bond donors (Lipinski definition) is 1. The van der Waals surface area contributed by atoms with Crippen LogP contribution in [0.1, 0.15) is 24.0 Å². The molecule has 3 rings (SSSR count). The largest absolute Gasteiger partial charge is 0.490 e. The van der Waals surface area contributed by atoms with Crippen LogP contribution < -0.4 is 10.1 Å². The second-order valence-electron chi connectivity index (χ2n) is 6.56. The van der Waals surface area contributed by atoms with Gasteiger partial charge in [0.15, 0.2) is 11.6 Å². The number of benzene rings is 2. The van der Waals surface area contributed by atoms with E-state index in [2.05, 4.69) is 5.32 Å². The van der Waals surface area contributed by atoms with Crippen LogP contribution in [0.5, 0.6) is 5.75 Å². The maximum absolute atomic E-state index is 13.7. The summed E-state index contributed by atoms with van der Waals surface area (Å²) in [5, 5.41) is 2.43. The summed E-state index contributed by atoms with van der Waals surface area (Å²) in [6.07, 6.45) is 1.41. The first-order valence-corrected chi connectivity index (χ1v) is 8.68. The van der Waals surface area contributed by atoms with Gasteiger partial charge in [-0.25, -0.2) is 13.6 Å². The van der Waals surface area contributed by atoms with Crippen LogP contribution in [0, 0.1) is 25.5 Å². The van der Waals surface area contributed by atoms with Gasteiger partial charge in [-0.1, -0.05) is 24.3 Å². The molecule has 1 fully saturated rings. The number of amides is 2. The van der Waals surface area contributed by atoms with Crippen LogP contribution in [0.4, 0.5) is 19.3 Å². The van der Waals surface area contributed by atoms with Crippen molar-refractivity contribution in [3.63, 3.8) is 0 Å². The number of nitrogens with one attached hydrogen (secondary N) is 1. The summed E-state index contributed by atoms with van der Waals surface area (Å²) in [5.41, 5.74) is 2.03. The van der Waals surface area contributed by atoms with Crippen molar-refractivity contribution in [2.75, 3.05) is 18.4 Å². The van der Waals surface area contributed by atoms with Crippen molar-refractivity contribution in [2.24, 2.45) is 0 Å². The van der Waals surface area contributed by atoms with Crippen LogP contribution in [0.3, 0.4) is 0 Å². The molecule has 6 heteroatoms. The molecule has 4 nitrogen and oxygen atoms in total. The SMILES string of the molecule is Cc1cccc(C)c1OC1CCN(C(=O)Nc2cccc(F)c2F)CC1. The summed E-state index contributed by atoms with van der Waals surface area (Å²) in [5.74, 6) is -1.13.